The van der Waals surface area contributed by atoms with Gasteiger partial charge in [-0.2, -0.15) is 0 Å². The van der Waals surface area contributed by atoms with E-state index in [4.69, 9.17) is 0 Å². The Labute approximate surface area is 85.5 Å². The molecule has 0 aliphatic heterocycles. The molecular formula is C12H17NO. The lowest BCUT2D eigenvalue weighted by atomic mass is 10.0. The number of benzene rings is 1. The highest BCUT2D eigenvalue weighted by atomic mass is 16.2. The molecule has 0 aromatic heterocycles. The molecule has 0 atom stereocenters. The third-order valence-electron chi connectivity index (χ3n) is 2.42. The van der Waals surface area contributed by atoms with Gasteiger partial charge in [0.15, 0.2) is 0 Å². The Hall–Kier alpha value is -1.31. The Bertz CT molecular complexity index is 314. The summed E-state index contributed by atoms with van der Waals surface area (Å²) in [6, 6.07) is 8.10. The third-order valence-corrected chi connectivity index (χ3v) is 2.42. The number of amides is 1. The number of nitrogens with zero attached hydrogens (tertiary/aromatic N) is 1. The Morgan fingerprint density at radius 2 is 1.71 bits per heavy atom. The Kier molecular flexibility index (Phi) is 3.28. The Morgan fingerprint density at radius 1 is 1.21 bits per heavy atom. The van der Waals surface area contributed by atoms with Crippen LogP contribution in [0.15, 0.2) is 24.3 Å². The summed E-state index contributed by atoms with van der Waals surface area (Å²) in [6.07, 6.45) is 0. The second-order valence-corrected chi connectivity index (χ2v) is 3.82. The molecule has 0 heterocycles. The van der Waals surface area contributed by atoms with E-state index in [-0.39, 0.29) is 5.91 Å². The van der Waals surface area contributed by atoms with Crippen molar-refractivity contribution < 1.29 is 4.79 Å². The molecule has 0 bridgehead atoms. The molecule has 14 heavy (non-hydrogen) atoms. The van der Waals surface area contributed by atoms with Crippen molar-refractivity contribution in [1.82, 2.24) is 0 Å². The van der Waals surface area contributed by atoms with E-state index in [1.54, 1.807) is 18.9 Å². The van der Waals surface area contributed by atoms with Crippen LogP contribution in [0.5, 0.6) is 0 Å². The summed E-state index contributed by atoms with van der Waals surface area (Å²) in [6.45, 7) is 5.88. The van der Waals surface area contributed by atoms with Crippen molar-refractivity contribution in [2.75, 3.05) is 11.9 Å². The second kappa shape index (κ2) is 4.27. The first-order chi connectivity index (χ1) is 6.52. The molecule has 0 aliphatic carbocycles. The summed E-state index contributed by atoms with van der Waals surface area (Å²) in [5.74, 6) is 0.592. The standard InChI is InChI=1S/C12H17NO/c1-9(2)11-5-7-12(8-6-11)13(4)10(3)14/h5-9H,1-4H3. The van der Waals surface area contributed by atoms with Crippen LogP contribution in [0.2, 0.25) is 0 Å². The van der Waals surface area contributed by atoms with Gasteiger partial charge in [-0.25, -0.2) is 0 Å². The van der Waals surface area contributed by atoms with E-state index in [9.17, 15) is 4.79 Å². The van der Waals surface area contributed by atoms with Crippen LogP contribution < -0.4 is 4.90 Å². The van der Waals surface area contributed by atoms with Crippen LogP contribution in [0.4, 0.5) is 5.69 Å². The maximum atomic E-state index is 11.1. The molecule has 0 aliphatic rings. The van der Waals surface area contributed by atoms with Crippen molar-refractivity contribution in [2.24, 2.45) is 0 Å². The van der Waals surface area contributed by atoms with Gasteiger partial charge in [-0.1, -0.05) is 26.0 Å². The molecule has 1 amide bonds. The Balaban J connectivity index is 2.88. The first-order valence-corrected chi connectivity index (χ1v) is 4.86. The molecule has 2 nitrogen and oxygen atoms in total. The van der Waals surface area contributed by atoms with Crippen LogP contribution in [-0.2, 0) is 4.79 Å². The fraction of sp³-hybridized carbons (Fsp3) is 0.417. The lowest BCUT2D eigenvalue weighted by Gasteiger charge is -2.15. The van der Waals surface area contributed by atoms with Gasteiger partial charge in [0, 0.05) is 19.7 Å². The summed E-state index contributed by atoms with van der Waals surface area (Å²) >= 11 is 0. The average molecular weight is 191 g/mol. The van der Waals surface area contributed by atoms with Crippen molar-refractivity contribution in [3.63, 3.8) is 0 Å². The van der Waals surface area contributed by atoms with Gasteiger partial charge in [-0.15, -0.1) is 0 Å². The monoisotopic (exact) mass is 191 g/mol. The molecule has 1 rings (SSSR count). The highest BCUT2D eigenvalue weighted by Crippen LogP contribution is 2.19. The summed E-state index contributed by atoms with van der Waals surface area (Å²) in [7, 11) is 1.78. The Morgan fingerprint density at radius 3 is 2.07 bits per heavy atom. The highest BCUT2D eigenvalue weighted by molar-refractivity contribution is 5.90. The quantitative estimate of drug-likeness (QED) is 0.704. The summed E-state index contributed by atoms with van der Waals surface area (Å²) < 4.78 is 0. The lowest BCUT2D eigenvalue weighted by molar-refractivity contribution is -0.116. The lowest BCUT2D eigenvalue weighted by Crippen LogP contribution is -2.22. The smallest absolute Gasteiger partial charge is 0.223 e. The molecule has 0 saturated heterocycles. The molecular weight excluding hydrogens is 174 g/mol. The maximum absolute atomic E-state index is 11.1. The number of carbonyl (C=O) groups is 1. The predicted molar refractivity (Wildman–Crippen MR) is 59.6 cm³/mol. The molecule has 0 fully saturated rings. The van der Waals surface area contributed by atoms with Gasteiger partial charge < -0.3 is 4.90 Å². The molecule has 0 spiro atoms. The van der Waals surface area contributed by atoms with Crippen LogP contribution in [0.25, 0.3) is 0 Å². The minimum absolute atomic E-state index is 0.0577. The molecule has 0 N–H and O–H groups in total. The number of hydrogen-bond acceptors (Lipinski definition) is 1. The largest absolute Gasteiger partial charge is 0.316 e. The zero-order valence-electron chi connectivity index (χ0n) is 9.24. The van der Waals surface area contributed by atoms with Crippen LogP contribution in [0.3, 0.4) is 0 Å². The van der Waals surface area contributed by atoms with E-state index in [1.807, 2.05) is 12.1 Å². The number of hydrogen-bond donors (Lipinski definition) is 0. The van der Waals surface area contributed by atoms with Gasteiger partial charge in [0.25, 0.3) is 0 Å². The molecule has 1 aromatic carbocycles. The van der Waals surface area contributed by atoms with E-state index >= 15 is 0 Å². The molecule has 0 radical (unpaired) electrons. The van der Waals surface area contributed by atoms with Crippen molar-refractivity contribution >= 4 is 11.6 Å². The molecule has 0 unspecified atom stereocenters. The van der Waals surface area contributed by atoms with E-state index in [1.165, 1.54) is 5.56 Å². The van der Waals surface area contributed by atoms with E-state index in [2.05, 4.69) is 26.0 Å². The first kappa shape index (κ1) is 10.8. The van der Waals surface area contributed by atoms with Crippen molar-refractivity contribution in [1.29, 1.82) is 0 Å². The summed E-state index contributed by atoms with van der Waals surface area (Å²) in [5, 5.41) is 0. The van der Waals surface area contributed by atoms with Crippen molar-refractivity contribution in [3.05, 3.63) is 29.8 Å². The fourth-order valence-electron chi connectivity index (χ4n) is 1.26. The summed E-state index contributed by atoms with van der Waals surface area (Å²) in [5.41, 5.74) is 2.24. The minimum atomic E-state index is 0.0577. The second-order valence-electron chi connectivity index (χ2n) is 3.82. The molecule has 2 heteroatoms. The minimum Gasteiger partial charge on any atom is -0.316 e. The van der Waals surface area contributed by atoms with Crippen LogP contribution in [0, 0.1) is 0 Å². The van der Waals surface area contributed by atoms with Gasteiger partial charge in [0.1, 0.15) is 0 Å². The third kappa shape index (κ3) is 2.34. The molecule has 1 aromatic rings. The van der Waals surface area contributed by atoms with E-state index in [0.29, 0.717) is 5.92 Å². The number of rotatable bonds is 2. The molecule has 0 saturated carbocycles. The summed E-state index contributed by atoms with van der Waals surface area (Å²) in [4.78, 5) is 12.7. The predicted octanol–water partition coefficient (Wildman–Crippen LogP) is 2.79. The SMILES string of the molecule is CC(=O)N(C)c1ccc(C(C)C)cc1. The number of anilines is 1. The van der Waals surface area contributed by atoms with E-state index < -0.39 is 0 Å². The number of carbonyl (C=O) groups excluding carboxylic acids is 1. The molecule has 76 valence electrons. The highest BCUT2D eigenvalue weighted by Gasteiger charge is 2.05. The van der Waals surface area contributed by atoms with Gasteiger partial charge in [-0.3, -0.25) is 4.79 Å². The van der Waals surface area contributed by atoms with Gasteiger partial charge in [-0.05, 0) is 23.6 Å². The van der Waals surface area contributed by atoms with Gasteiger partial charge in [0.2, 0.25) is 5.91 Å². The van der Waals surface area contributed by atoms with Crippen LogP contribution >= 0.6 is 0 Å². The van der Waals surface area contributed by atoms with Gasteiger partial charge in [0.05, 0.1) is 0 Å². The van der Waals surface area contributed by atoms with Crippen LogP contribution in [-0.4, -0.2) is 13.0 Å². The van der Waals surface area contributed by atoms with Crippen LogP contribution in [0.1, 0.15) is 32.3 Å². The topological polar surface area (TPSA) is 20.3 Å². The maximum Gasteiger partial charge on any atom is 0.223 e. The normalized spacial score (nSPS) is 10.4. The van der Waals surface area contributed by atoms with Crippen molar-refractivity contribution in [3.8, 4) is 0 Å². The first-order valence-electron chi connectivity index (χ1n) is 4.86. The zero-order chi connectivity index (χ0) is 10.7. The van der Waals surface area contributed by atoms with E-state index in [0.717, 1.165) is 5.69 Å². The van der Waals surface area contributed by atoms with Crippen molar-refractivity contribution in [2.45, 2.75) is 26.7 Å². The average Bonchev–Trinajstić information content (AvgIpc) is 2.16. The zero-order valence-corrected chi connectivity index (χ0v) is 9.24. The fourth-order valence-corrected chi connectivity index (χ4v) is 1.26. The van der Waals surface area contributed by atoms with Gasteiger partial charge >= 0.3 is 0 Å².